The highest BCUT2D eigenvalue weighted by Crippen LogP contribution is 2.22. The lowest BCUT2D eigenvalue weighted by molar-refractivity contribution is -0.384. The van der Waals surface area contributed by atoms with Crippen molar-refractivity contribution in [1.29, 1.82) is 0 Å². The fourth-order valence-electron chi connectivity index (χ4n) is 2.08. The molecule has 0 spiro atoms. The monoisotopic (exact) mass is 322 g/mol. The molecule has 7 nitrogen and oxygen atoms in total. The largest absolute Gasteiger partial charge is 0.379 e. The van der Waals surface area contributed by atoms with Gasteiger partial charge in [0.2, 0.25) is 5.91 Å². The number of carbonyl (C=O) groups is 1. The van der Waals surface area contributed by atoms with Crippen molar-refractivity contribution in [1.82, 2.24) is 4.90 Å². The van der Waals surface area contributed by atoms with E-state index in [0.29, 0.717) is 24.7 Å². The molecule has 0 aliphatic rings. The van der Waals surface area contributed by atoms with Crippen molar-refractivity contribution in [2.24, 2.45) is 11.7 Å². The minimum atomic E-state index is -0.441. The zero-order chi connectivity index (χ0) is 17.4. The number of nitrogens with one attached hydrogen (secondary N) is 1. The highest BCUT2D eigenvalue weighted by Gasteiger charge is 2.14. The molecule has 1 unspecified atom stereocenters. The van der Waals surface area contributed by atoms with E-state index < -0.39 is 4.92 Å². The van der Waals surface area contributed by atoms with Gasteiger partial charge < -0.3 is 16.0 Å². The lowest BCUT2D eigenvalue weighted by Gasteiger charge is -2.21. The van der Waals surface area contributed by atoms with Gasteiger partial charge in [-0.05, 0) is 18.4 Å². The Balaban J connectivity index is 2.40. The lowest BCUT2D eigenvalue weighted by Crippen LogP contribution is -2.35. The molecule has 0 saturated heterocycles. The van der Waals surface area contributed by atoms with Crippen LogP contribution in [0.25, 0.3) is 0 Å². The second-order valence-corrected chi connectivity index (χ2v) is 5.96. The molecule has 1 amide bonds. The van der Waals surface area contributed by atoms with Crippen LogP contribution in [-0.2, 0) is 4.79 Å². The highest BCUT2D eigenvalue weighted by atomic mass is 16.6. The zero-order valence-corrected chi connectivity index (χ0v) is 14.0. The smallest absolute Gasteiger partial charge is 0.292 e. The number of hydrogen-bond donors (Lipinski definition) is 2. The molecule has 0 fully saturated rings. The Hall–Kier alpha value is -2.15. The van der Waals surface area contributed by atoms with Gasteiger partial charge in [0.25, 0.3) is 5.69 Å². The first-order valence-electron chi connectivity index (χ1n) is 7.79. The van der Waals surface area contributed by atoms with Crippen LogP contribution in [0.15, 0.2) is 24.3 Å². The van der Waals surface area contributed by atoms with Gasteiger partial charge in [0.15, 0.2) is 0 Å². The molecule has 0 bridgehead atoms. The number of amides is 1. The molecule has 7 heteroatoms. The van der Waals surface area contributed by atoms with Gasteiger partial charge in [-0.25, -0.2) is 0 Å². The van der Waals surface area contributed by atoms with Gasteiger partial charge >= 0.3 is 0 Å². The summed E-state index contributed by atoms with van der Waals surface area (Å²) in [4.78, 5) is 24.2. The first-order chi connectivity index (χ1) is 10.8. The van der Waals surface area contributed by atoms with Crippen LogP contribution in [0.1, 0.15) is 26.7 Å². The molecule has 128 valence electrons. The van der Waals surface area contributed by atoms with E-state index >= 15 is 0 Å². The summed E-state index contributed by atoms with van der Waals surface area (Å²) in [5, 5.41) is 13.9. The third-order valence-electron chi connectivity index (χ3n) is 3.83. The molecule has 1 rings (SSSR count). The molecular formula is C16H26N4O3. The first kappa shape index (κ1) is 18.9. The standard InChI is InChI=1S/C16H26N4O3/c1-12(2)13(17)9-11-19(3)16(21)8-10-18-14-6-4-5-7-15(14)20(22)23/h4-7,12-13,18H,8-11,17H2,1-3H3. The Morgan fingerprint density at radius 3 is 2.65 bits per heavy atom. The van der Waals surface area contributed by atoms with Crippen LogP contribution < -0.4 is 11.1 Å². The summed E-state index contributed by atoms with van der Waals surface area (Å²) in [5.41, 5.74) is 6.41. The molecule has 0 saturated carbocycles. The molecule has 0 aromatic heterocycles. The third kappa shape index (κ3) is 6.23. The summed E-state index contributed by atoms with van der Waals surface area (Å²) in [7, 11) is 1.75. The Morgan fingerprint density at radius 2 is 2.04 bits per heavy atom. The van der Waals surface area contributed by atoms with E-state index in [-0.39, 0.29) is 24.1 Å². The topological polar surface area (TPSA) is 102 Å². The number of benzene rings is 1. The third-order valence-corrected chi connectivity index (χ3v) is 3.83. The van der Waals surface area contributed by atoms with Gasteiger partial charge in [0.05, 0.1) is 4.92 Å². The molecule has 3 N–H and O–H groups in total. The van der Waals surface area contributed by atoms with Crippen LogP contribution in [0.5, 0.6) is 0 Å². The van der Waals surface area contributed by atoms with Gasteiger partial charge in [-0.3, -0.25) is 14.9 Å². The fourth-order valence-corrected chi connectivity index (χ4v) is 2.08. The maximum Gasteiger partial charge on any atom is 0.292 e. The minimum Gasteiger partial charge on any atom is -0.379 e. The molecule has 0 heterocycles. The molecular weight excluding hydrogens is 296 g/mol. The predicted molar refractivity (Wildman–Crippen MR) is 91.3 cm³/mol. The SMILES string of the molecule is CC(C)C(N)CCN(C)C(=O)CCNc1ccccc1[N+](=O)[O-]. The van der Waals surface area contributed by atoms with E-state index in [1.807, 2.05) is 0 Å². The van der Waals surface area contributed by atoms with Gasteiger partial charge in [-0.1, -0.05) is 26.0 Å². The predicted octanol–water partition coefficient (Wildman–Crippen LogP) is 2.23. The summed E-state index contributed by atoms with van der Waals surface area (Å²) >= 11 is 0. The normalized spacial score (nSPS) is 12.0. The summed E-state index contributed by atoms with van der Waals surface area (Å²) in [6, 6.07) is 6.48. The highest BCUT2D eigenvalue weighted by molar-refractivity contribution is 5.76. The summed E-state index contributed by atoms with van der Waals surface area (Å²) in [6.07, 6.45) is 1.04. The van der Waals surface area contributed by atoms with E-state index in [4.69, 9.17) is 5.73 Å². The van der Waals surface area contributed by atoms with E-state index in [2.05, 4.69) is 19.2 Å². The average Bonchev–Trinajstić information content (AvgIpc) is 2.52. The van der Waals surface area contributed by atoms with Crippen molar-refractivity contribution >= 4 is 17.3 Å². The van der Waals surface area contributed by atoms with Crippen molar-refractivity contribution in [2.45, 2.75) is 32.7 Å². The number of para-hydroxylation sites is 2. The number of nitro groups is 1. The average molecular weight is 322 g/mol. The van der Waals surface area contributed by atoms with Gasteiger partial charge in [-0.2, -0.15) is 0 Å². The van der Waals surface area contributed by atoms with Crippen LogP contribution in [0.3, 0.4) is 0 Å². The number of nitro benzene ring substituents is 1. The van der Waals surface area contributed by atoms with Crippen molar-refractivity contribution in [3.05, 3.63) is 34.4 Å². The van der Waals surface area contributed by atoms with E-state index in [0.717, 1.165) is 6.42 Å². The fraction of sp³-hybridized carbons (Fsp3) is 0.562. The second kappa shape index (κ2) is 9.09. The van der Waals surface area contributed by atoms with Crippen LogP contribution in [0.2, 0.25) is 0 Å². The van der Waals surface area contributed by atoms with Crippen molar-refractivity contribution in [3.8, 4) is 0 Å². The summed E-state index contributed by atoms with van der Waals surface area (Å²) in [5.74, 6) is 0.380. The second-order valence-electron chi connectivity index (χ2n) is 5.96. The Kier molecular flexibility index (Phi) is 7.47. The van der Waals surface area contributed by atoms with Crippen molar-refractivity contribution in [3.63, 3.8) is 0 Å². The Morgan fingerprint density at radius 1 is 1.39 bits per heavy atom. The van der Waals surface area contributed by atoms with Gasteiger partial charge in [0.1, 0.15) is 5.69 Å². The number of nitrogens with zero attached hydrogens (tertiary/aromatic N) is 2. The van der Waals surface area contributed by atoms with Crippen LogP contribution >= 0.6 is 0 Å². The number of carbonyl (C=O) groups excluding carboxylic acids is 1. The quantitative estimate of drug-likeness (QED) is 0.536. The summed E-state index contributed by atoms with van der Waals surface area (Å²) < 4.78 is 0. The molecule has 1 atom stereocenters. The van der Waals surface area contributed by atoms with Crippen LogP contribution in [0.4, 0.5) is 11.4 Å². The van der Waals surface area contributed by atoms with E-state index in [1.54, 1.807) is 30.1 Å². The van der Waals surface area contributed by atoms with Crippen LogP contribution in [0, 0.1) is 16.0 Å². The maximum absolute atomic E-state index is 12.0. The van der Waals surface area contributed by atoms with Gasteiger partial charge in [-0.15, -0.1) is 0 Å². The summed E-state index contributed by atoms with van der Waals surface area (Å²) in [6.45, 7) is 5.08. The lowest BCUT2D eigenvalue weighted by atomic mass is 10.0. The zero-order valence-electron chi connectivity index (χ0n) is 14.0. The van der Waals surface area contributed by atoms with E-state index in [1.165, 1.54) is 6.07 Å². The van der Waals surface area contributed by atoms with Gasteiger partial charge in [0, 0.05) is 38.7 Å². The molecule has 1 aromatic rings. The Bertz CT molecular complexity index is 534. The van der Waals surface area contributed by atoms with E-state index in [9.17, 15) is 14.9 Å². The molecule has 0 aliphatic carbocycles. The minimum absolute atomic E-state index is 0.00737. The molecule has 23 heavy (non-hydrogen) atoms. The first-order valence-corrected chi connectivity index (χ1v) is 7.79. The Labute approximate surface area is 137 Å². The number of rotatable bonds is 9. The maximum atomic E-state index is 12.0. The molecule has 0 radical (unpaired) electrons. The van der Waals surface area contributed by atoms with Crippen molar-refractivity contribution in [2.75, 3.05) is 25.5 Å². The number of nitrogens with two attached hydrogens (primary N) is 1. The van der Waals surface area contributed by atoms with Crippen molar-refractivity contribution < 1.29 is 9.72 Å². The number of hydrogen-bond acceptors (Lipinski definition) is 5. The molecule has 0 aliphatic heterocycles. The van der Waals surface area contributed by atoms with Crippen LogP contribution in [-0.4, -0.2) is 41.9 Å². The molecule has 1 aromatic carbocycles. The number of anilines is 1.